The van der Waals surface area contributed by atoms with Gasteiger partial charge in [0.2, 0.25) is 5.91 Å². The number of nitrogens with two attached hydrogens (primary N) is 1. The lowest BCUT2D eigenvalue weighted by Crippen LogP contribution is -2.47. The van der Waals surface area contributed by atoms with Gasteiger partial charge in [0, 0.05) is 18.7 Å². The van der Waals surface area contributed by atoms with Crippen LogP contribution < -0.4 is 5.73 Å². The topological polar surface area (TPSA) is 66.6 Å². The zero-order valence-corrected chi connectivity index (χ0v) is 19.6. The van der Waals surface area contributed by atoms with Crippen molar-refractivity contribution in [3.8, 4) is 0 Å². The summed E-state index contributed by atoms with van der Waals surface area (Å²) in [6, 6.07) is 16.5. The molecule has 2 atom stereocenters. The Hall–Kier alpha value is -2.17. The largest absolute Gasteiger partial charge is 0.385 e. The highest BCUT2D eigenvalue weighted by molar-refractivity contribution is 5.92. The molecule has 0 spiro atoms. The third-order valence-corrected chi connectivity index (χ3v) is 8.24. The average molecular weight is 435 g/mol. The van der Waals surface area contributed by atoms with Crippen LogP contribution in [-0.4, -0.2) is 35.5 Å². The lowest BCUT2D eigenvalue weighted by molar-refractivity contribution is -0.000705. The molecule has 0 aromatic heterocycles. The van der Waals surface area contributed by atoms with E-state index in [1.807, 2.05) is 12.1 Å². The smallest absolute Gasteiger partial charge is 0.248 e. The maximum Gasteiger partial charge on any atom is 0.248 e. The number of hydrogen-bond donors (Lipinski definition) is 2. The molecule has 3 N–H and O–H groups in total. The number of nitrogens with zero attached hydrogens (tertiary/aromatic N) is 1. The van der Waals surface area contributed by atoms with E-state index in [9.17, 15) is 9.90 Å². The highest BCUT2D eigenvalue weighted by Crippen LogP contribution is 2.40. The second-order valence-corrected chi connectivity index (χ2v) is 10.4. The van der Waals surface area contributed by atoms with E-state index in [4.69, 9.17) is 5.73 Å². The molecule has 1 saturated carbocycles. The van der Waals surface area contributed by atoms with Crippen molar-refractivity contribution in [2.24, 2.45) is 11.7 Å². The SMILES string of the molecule is C[C@H]1CN(CCc2cccc(C3(O)CCCCC3)c2)CC[C@@]1(C)c1cccc(C(N)=O)c1. The van der Waals surface area contributed by atoms with Gasteiger partial charge in [-0.1, -0.05) is 69.5 Å². The van der Waals surface area contributed by atoms with Crippen LogP contribution in [0.4, 0.5) is 0 Å². The van der Waals surface area contributed by atoms with E-state index < -0.39 is 5.60 Å². The highest BCUT2D eigenvalue weighted by Gasteiger charge is 2.38. The number of hydrogen-bond acceptors (Lipinski definition) is 3. The van der Waals surface area contributed by atoms with Crippen LogP contribution in [0.1, 0.15) is 79.4 Å². The van der Waals surface area contributed by atoms with Gasteiger partial charge in [0.1, 0.15) is 0 Å². The van der Waals surface area contributed by atoms with Gasteiger partial charge in [-0.05, 0) is 72.4 Å². The number of primary amides is 1. The second-order valence-electron chi connectivity index (χ2n) is 10.4. The molecule has 4 nitrogen and oxygen atoms in total. The Morgan fingerprint density at radius 2 is 1.78 bits per heavy atom. The molecule has 4 heteroatoms. The molecule has 1 aliphatic carbocycles. The first-order valence-corrected chi connectivity index (χ1v) is 12.2. The zero-order chi connectivity index (χ0) is 22.8. The van der Waals surface area contributed by atoms with Gasteiger partial charge in [-0.3, -0.25) is 4.79 Å². The number of rotatable bonds is 6. The van der Waals surface area contributed by atoms with Gasteiger partial charge in [-0.2, -0.15) is 0 Å². The van der Waals surface area contributed by atoms with E-state index >= 15 is 0 Å². The Morgan fingerprint density at radius 1 is 1.06 bits per heavy atom. The van der Waals surface area contributed by atoms with Gasteiger partial charge in [0.25, 0.3) is 0 Å². The highest BCUT2D eigenvalue weighted by atomic mass is 16.3. The van der Waals surface area contributed by atoms with Crippen molar-refractivity contribution >= 4 is 5.91 Å². The van der Waals surface area contributed by atoms with Crippen LogP contribution in [0, 0.1) is 5.92 Å². The van der Waals surface area contributed by atoms with Crippen LogP contribution in [0.3, 0.4) is 0 Å². The molecule has 172 valence electrons. The van der Waals surface area contributed by atoms with Crippen LogP contribution in [0.25, 0.3) is 0 Å². The quantitative estimate of drug-likeness (QED) is 0.688. The van der Waals surface area contributed by atoms with Crippen molar-refractivity contribution in [2.75, 3.05) is 19.6 Å². The molecular formula is C28H38N2O2. The fraction of sp³-hybridized carbons (Fsp3) is 0.536. The normalized spacial score (nSPS) is 26.0. The molecule has 4 rings (SSSR count). The Labute approximate surface area is 192 Å². The fourth-order valence-electron chi connectivity index (χ4n) is 5.71. The van der Waals surface area contributed by atoms with E-state index in [2.05, 4.69) is 49.1 Å². The molecule has 2 aromatic carbocycles. The summed E-state index contributed by atoms with van der Waals surface area (Å²) < 4.78 is 0. The number of carbonyl (C=O) groups excluding carboxylic acids is 1. The van der Waals surface area contributed by atoms with Crippen molar-refractivity contribution in [1.82, 2.24) is 4.90 Å². The molecule has 2 fully saturated rings. The molecule has 0 radical (unpaired) electrons. The number of benzene rings is 2. The van der Waals surface area contributed by atoms with Gasteiger partial charge in [-0.25, -0.2) is 0 Å². The predicted octanol–water partition coefficient (Wildman–Crippen LogP) is 4.78. The number of carbonyl (C=O) groups is 1. The van der Waals surface area contributed by atoms with Crippen LogP contribution in [-0.2, 0) is 17.4 Å². The summed E-state index contributed by atoms with van der Waals surface area (Å²) in [5.74, 6) is 0.120. The molecule has 0 unspecified atom stereocenters. The Bertz CT molecular complexity index is 950. The summed E-state index contributed by atoms with van der Waals surface area (Å²) in [6.07, 6.45) is 7.31. The molecule has 32 heavy (non-hydrogen) atoms. The van der Waals surface area contributed by atoms with Gasteiger partial charge < -0.3 is 15.7 Å². The Morgan fingerprint density at radius 3 is 2.50 bits per heavy atom. The van der Waals surface area contributed by atoms with Gasteiger partial charge in [-0.15, -0.1) is 0 Å². The summed E-state index contributed by atoms with van der Waals surface area (Å²) in [7, 11) is 0. The van der Waals surface area contributed by atoms with Crippen molar-refractivity contribution in [2.45, 2.75) is 69.8 Å². The minimum absolute atomic E-state index is 0.0477. The first-order chi connectivity index (χ1) is 15.3. The molecule has 1 amide bonds. The summed E-state index contributed by atoms with van der Waals surface area (Å²) in [5.41, 5.74) is 9.16. The third kappa shape index (κ3) is 4.77. The number of amides is 1. The van der Waals surface area contributed by atoms with Crippen LogP contribution in [0.2, 0.25) is 0 Å². The molecule has 1 heterocycles. The average Bonchev–Trinajstić information content (AvgIpc) is 2.80. The summed E-state index contributed by atoms with van der Waals surface area (Å²) in [6.45, 7) is 7.77. The number of likely N-dealkylation sites (tertiary alicyclic amines) is 1. The van der Waals surface area contributed by atoms with Gasteiger partial charge >= 0.3 is 0 Å². The summed E-state index contributed by atoms with van der Waals surface area (Å²) in [4.78, 5) is 14.2. The molecule has 2 aliphatic rings. The van der Waals surface area contributed by atoms with E-state index in [1.54, 1.807) is 6.07 Å². The summed E-state index contributed by atoms with van der Waals surface area (Å²) in [5, 5.41) is 11.1. The zero-order valence-electron chi connectivity index (χ0n) is 19.6. The minimum Gasteiger partial charge on any atom is -0.385 e. The second kappa shape index (κ2) is 9.36. The predicted molar refractivity (Wildman–Crippen MR) is 130 cm³/mol. The number of piperidine rings is 1. The fourth-order valence-corrected chi connectivity index (χ4v) is 5.71. The molecular weight excluding hydrogens is 396 g/mol. The molecule has 2 aromatic rings. The van der Waals surface area contributed by atoms with Crippen LogP contribution in [0.15, 0.2) is 48.5 Å². The van der Waals surface area contributed by atoms with Gasteiger partial charge in [0.15, 0.2) is 0 Å². The van der Waals surface area contributed by atoms with Crippen molar-refractivity contribution in [1.29, 1.82) is 0 Å². The minimum atomic E-state index is -0.630. The maximum absolute atomic E-state index is 11.6. The monoisotopic (exact) mass is 434 g/mol. The third-order valence-electron chi connectivity index (χ3n) is 8.24. The number of aliphatic hydroxyl groups is 1. The van der Waals surface area contributed by atoms with Gasteiger partial charge in [0.05, 0.1) is 5.60 Å². The Balaban J connectivity index is 1.38. The molecule has 1 saturated heterocycles. The molecule has 0 bridgehead atoms. The molecule has 1 aliphatic heterocycles. The van der Waals surface area contributed by atoms with Crippen LogP contribution >= 0.6 is 0 Å². The van der Waals surface area contributed by atoms with Crippen LogP contribution in [0.5, 0.6) is 0 Å². The van der Waals surface area contributed by atoms with E-state index in [0.717, 1.165) is 63.7 Å². The summed E-state index contributed by atoms with van der Waals surface area (Å²) >= 11 is 0. The van der Waals surface area contributed by atoms with E-state index in [0.29, 0.717) is 11.5 Å². The maximum atomic E-state index is 11.6. The van der Waals surface area contributed by atoms with E-state index in [1.165, 1.54) is 17.5 Å². The van der Waals surface area contributed by atoms with Crippen molar-refractivity contribution < 1.29 is 9.90 Å². The van der Waals surface area contributed by atoms with E-state index in [-0.39, 0.29) is 11.3 Å². The first kappa shape index (κ1) is 23.0. The lowest BCUT2D eigenvalue weighted by Gasteiger charge is -2.45. The lowest BCUT2D eigenvalue weighted by atomic mass is 9.68. The first-order valence-electron chi connectivity index (χ1n) is 12.2. The van der Waals surface area contributed by atoms with Crippen molar-refractivity contribution in [3.63, 3.8) is 0 Å². The standard InChI is InChI=1S/C28H38N2O2/c1-21-20-30(17-15-27(21,2)24-10-7-9-23(19-24)26(29)31)16-12-22-8-6-11-25(18-22)28(32)13-4-3-5-14-28/h6-11,18-19,21,32H,3-5,12-17,20H2,1-2H3,(H2,29,31)/t21-,27+/m0/s1. The Kier molecular flexibility index (Phi) is 6.73. The van der Waals surface area contributed by atoms with Crippen molar-refractivity contribution in [3.05, 3.63) is 70.8 Å².